The van der Waals surface area contributed by atoms with E-state index in [-0.39, 0.29) is 5.41 Å². The zero-order chi connectivity index (χ0) is 12.6. The van der Waals surface area contributed by atoms with Gasteiger partial charge in [-0.15, -0.1) is 10.2 Å². The molecule has 0 saturated carbocycles. The van der Waals surface area contributed by atoms with Gasteiger partial charge in [0, 0.05) is 6.54 Å². The summed E-state index contributed by atoms with van der Waals surface area (Å²) in [6, 6.07) is -0.511. The van der Waals surface area contributed by atoms with Crippen LogP contribution in [-0.2, 0) is 4.79 Å². The van der Waals surface area contributed by atoms with E-state index in [0.717, 1.165) is 29.5 Å². The molecule has 0 bridgehead atoms. The van der Waals surface area contributed by atoms with Gasteiger partial charge in [-0.1, -0.05) is 25.2 Å². The fourth-order valence-electron chi connectivity index (χ4n) is 2.47. The van der Waals surface area contributed by atoms with Crippen molar-refractivity contribution < 1.29 is 9.90 Å². The molecule has 5 nitrogen and oxygen atoms in total. The normalized spacial score (nSPS) is 23.7. The van der Waals surface area contributed by atoms with Crippen molar-refractivity contribution in [2.24, 2.45) is 5.41 Å². The molecule has 94 valence electrons. The molecule has 1 aromatic heterocycles. The van der Waals surface area contributed by atoms with Crippen molar-refractivity contribution in [1.82, 2.24) is 10.2 Å². The highest BCUT2D eigenvalue weighted by molar-refractivity contribution is 7.15. The second-order valence-electron chi connectivity index (χ2n) is 5.13. The summed E-state index contributed by atoms with van der Waals surface area (Å²) >= 11 is 1.46. The van der Waals surface area contributed by atoms with Gasteiger partial charge >= 0.3 is 5.97 Å². The van der Waals surface area contributed by atoms with E-state index in [4.69, 9.17) is 0 Å². The van der Waals surface area contributed by atoms with Crippen molar-refractivity contribution in [2.75, 3.05) is 11.4 Å². The van der Waals surface area contributed by atoms with Crippen molar-refractivity contribution in [3.05, 3.63) is 5.01 Å². The van der Waals surface area contributed by atoms with E-state index in [1.54, 1.807) is 0 Å². The first-order valence-electron chi connectivity index (χ1n) is 5.71. The number of piperidine rings is 1. The monoisotopic (exact) mass is 255 g/mol. The fourth-order valence-corrected chi connectivity index (χ4v) is 3.21. The predicted molar refractivity (Wildman–Crippen MR) is 66.4 cm³/mol. The molecule has 0 amide bonds. The quantitative estimate of drug-likeness (QED) is 0.874. The van der Waals surface area contributed by atoms with E-state index < -0.39 is 12.0 Å². The van der Waals surface area contributed by atoms with Crippen LogP contribution in [0.1, 0.15) is 31.7 Å². The maximum absolute atomic E-state index is 11.5. The number of carbonyl (C=O) groups is 1. The standard InChI is InChI=1S/C11H17N3O2S/c1-7-12-13-10(17-7)14-6-4-5-11(2,3)8(14)9(15)16/h8H,4-6H2,1-3H3,(H,15,16). The van der Waals surface area contributed by atoms with Crippen molar-refractivity contribution in [3.8, 4) is 0 Å². The molecule has 1 saturated heterocycles. The van der Waals surface area contributed by atoms with Crippen LogP contribution >= 0.6 is 11.3 Å². The lowest BCUT2D eigenvalue weighted by Crippen LogP contribution is -2.54. The number of hydrogen-bond acceptors (Lipinski definition) is 5. The van der Waals surface area contributed by atoms with E-state index in [0.29, 0.717) is 0 Å². The second kappa shape index (κ2) is 4.25. The first-order valence-corrected chi connectivity index (χ1v) is 6.53. The van der Waals surface area contributed by atoms with E-state index in [1.165, 1.54) is 11.3 Å². The fraction of sp³-hybridized carbons (Fsp3) is 0.727. The smallest absolute Gasteiger partial charge is 0.326 e. The zero-order valence-electron chi connectivity index (χ0n) is 10.3. The Balaban J connectivity index is 2.34. The molecule has 0 radical (unpaired) electrons. The summed E-state index contributed by atoms with van der Waals surface area (Å²) in [6.07, 6.45) is 1.92. The number of nitrogens with zero attached hydrogens (tertiary/aromatic N) is 3. The topological polar surface area (TPSA) is 66.3 Å². The molecular weight excluding hydrogens is 238 g/mol. The lowest BCUT2D eigenvalue weighted by molar-refractivity contribution is -0.142. The number of aliphatic carboxylic acids is 1. The number of anilines is 1. The summed E-state index contributed by atoms with van der Waals surface area (Å²) in [5.41, 5.74) is -0.232. The third-order valence-corrected chi connectivity index (χ3v) is 4.14. The lowest BCUT2D eigenvalue weighted by atomic mass is 9.76. The van der Waals surface area contributed by atoms with E-state index >= 15 is 0 Å². The molecule has 1 aliphatic rings. The van der Waals surface area contributed by atoms with Gasteiger partial charge in [0.1, 0.15) is 11.0 Å². The van der Waals surface area contributed by atoms with Gasteiger partial charge < -0.3 is 10.0 Å². The highest BCUT2D eigenvalue weighted by Gasteiger charge is 2.43. The third kappa shape index (κ3) is 2.26. The SMILES string of the molecule is Cc1nnc(N2CCCC(C)(C)C2C(=O)O)s1. The van der Waals surface area contributed by atoms with Crippen molar-refractivity contribution >= 4 is 22.4 Å². The number of aromatic nitrogens is 2. The van der Waals surface area contributed by atoms with Crippen molar-refractivity contribution in [2.45, 2.75) is 39.7 Å². The van der Waals surface area contributed by atoms with Crippen molar-refractivity contribution in [1.29, 1.82) is 0 Å². The molecule has 1 aliphatic heterocycles. The summed E-state index contributed by atoms with van der Waals surface area (Å²) in [5, 5.41) is 19.1. The summed E-state index contributed by atoms with van der Waals surface area (Å²) in [5.74, 6) is -0.775. The average molecular weight is 255 g/mol. The molecule has 2 heterocycles. The number of aryl methyl sites for hydroxylation is 1. The van der Waals surface area contributed by atoms with Crippen molar-refractivity contribution in [3.63, 3.8) is 0 Å². The zero-order valence-corrected chi connectivity index (χ0v) is 11.1. The molecule has 17 heavy (non-hydrogen) atoms. The minimum absolute atomic E-state index is 0.232. The Morgan fingerprint density at radius 2 is 2.24 bits per heavy atom. The minimum atomic E-state index is -0.775. The van der Waals surface area contributed by atoms with Crippen LogP contribution < -0.4 is 4.90 Å². The molecule has 2 rings (SSSR count). The summed E-state index contributed by atoms with van der Waals surface area (Å²) in [4.78, 5) is 13.4. The molecule has 1 unspecified atom stereocenters. The predicted octanol–water partition coefficient (Wildman–Crippen LogP) is 1.93. The molecule has 1 aromatic rings. The Kier molecular flexibility index (Phi) is 3.07. The van der Waals surface area contributed by atoms with Gasteiger partial charge in [0.25, 0.3) is 0 Å². The van der Waals surface area contributed by atoms with Gasteiger partial charge in [0.05, 0.1) is 0 Å². The summed E-state index contributed by atoms with van der Waals surface area (Å²) in [6.45, 7) is 6.64. The molecule has 0 spiro atoms. The largest absolute Gasteiger partial charge is 0.480 e. The highest BCUT2D eigenvalue weighted by Crippen LogP contribution is 2.38. The van der Waals surface area contributed by atoms with Crippen LogP contribution in [0.3, 0.4) is 0 Å². The molecule has 1 fully saturated rings. The van der Waals surface area contributed by atoms with Gasteiger partial charge in [-0.3, -0.25) is 0 Å². The molecule has 1 atom stereocenters. The Morgan fingerprint density at radius 1 is 1.53 bits per heavy atom. The minimum Gasteiger partial charge on any atom is -0.480 e. The van der Waals surface area contributed by atoms with Gasteiger partial charge in [0.2, 0.25) is 5.13 Å². The van der Waals surface area contributed by atoms with Crippen LogP contribution in [0.5, 0.6) is 0 Å². The van der Waals surface area contributed by atoms with Gasteiger partial charge in [0.15, 0.2) is 0 Å². The number of carboxylic acids is 1. The summed E-state index contributed by atoms with van der Waals surface area (Å²) < 4.78 is 0. The highest BCUT2D eigenvalue weighted by atomic mass is 32.1. The van der Waals surface area contributed by atoms with Crippen LogP contribution in [0.25, 0.3) is 0 Å². The Morgan fingerprint density at radius 3 is 2.76 bits per heavy atom. The average Bonchev–Trinajstić information content (AvgIpc) is 2.62. The van der Waals surface area contributed by atoms with E-state index in [1.807, 2.05) is 25.7 Å². The Hall–Kier alpha value is -1.17. The Labute approximate surface area is 104 Å². The maximum Gasteiger partial charge on any atom is 0.326 e. The van der Waals surface area contributed by atoms with Crippen LogP contribution in [-0.4, -0.2) is 33.9 Å². The van der Waals surface area contributed by atoms with Crippen LogP contribution in [0.2, 0.25) is 0 Å². The number of rotatable bonds is 2. The second-order valence-corrected chi connectivity index (χ2v) is 6.29. The number of carboxylic acid groups (broad SMARTS) is 1. The van der Waals surface area contributed by atoms with Crippen LogP contribution in [0.15, 0.2) is 0 Å². The van der Waals surface area contributed by atoms with Gasteiger partial charge in [-0.2, -0.15) is 0 Å². The Bertz CT molecular complexity index is 430. The molecule has 6 heteroatoms. The third-order valence-electron chi connectivity index (χ3n) is 3.27. The van der Waals surface area contributed by atoms with Crippen LogP contribution in [0.4, 0.5) is 5.13 Å². The first kappa shape index (κ1) is 12.3. The van der Waals surface area contributed by atoms with E-state index in [2.05, 4.69) is 10.2 Å². The molecule has 0 aromatic carbocycles. The van der Waals surface area contributed by atoms with Gasteiger partial charge in [-0.05, 0) is 25.2 Å². The van der Waals surface area contributed by atoms with Gasteiger partial charge in [-0.25, -0.2) is 4.79 Å². The first-order chi connectivity index (χ1) is 7.92. The lowest BCUT2D eigenvalue weighted by Gasteiger charge is -2.43. The van der Waals surface area contributed by atoms with E-state index in [9.17, 15) is 9.90 Å². The molecule has 1 N–H and O–H groups in total. The molecular formula is C11H17N3O2S. The number of hydrogen-bond donors (Lipinski definition) is 1. The molecule has 0 aliphatic carbocycles. The van der Waals surface area contributed by atoms with Crippen LogP contribution in [0, 0.1) is 12.3 Å². The summed E-state index contributed by atoms with van der Waals surface area (Å²) in [7, 11) is 0. The maximum atomic E-state index is 11.5.